The minimum atomic E-state index is -1.47. The Labute approximate surface area is 90.6 Å². The second-order valence-electron chi connectivity index (χ2n) is 3.40. The molecule has 1 heterocycles. The number of hydrogen-bond acceptors (Lipinski definition) is 7. The first-order valence-electron chi connectivity index (χ1n) is 4.61. The summed E-state index contributed by atoms with van der Waals surface area (Å²) < 4.78 is 9.54. The molecule has 1 aliphatic heterocycles. The normalized spacial score (nSPS) is 36.2. The van der Waals surface area contributed by atoms with Crippen LogP contribution in [-0.4, -0.2) is 75.4 Å². The van der Waals surface area contributed by atoms with Crippen molar-refractivity contribution in [3.63, 3.8) is 0 Å². The van der Waals surface area contributed by atoms with Gasteiger partial charge in [0.1, 0.15) is 31.0 Å². The Bertz CT molecular complexity index is 244. The van der Waals surface area contributed by atoms with Gasteiger partial charge in [-0.25, -0.2) is 4.79 Å². The molecule has 8 nitrogen and oxygen atoms in total. The first kappa shape index (κ1) is 13.3. The van der Waals surface area contributed by atoms with Crippen LogP contribution in [0, 0.1) is 0 Å². The van der Waals surface area contributed by atoms with E-state index in [-0.39, 0.29) is 0 Å². The SMILES string of the molecule is O=C(O)COC1O[C@H]([C@H](O)CO)[C@H](O)[C@@H]1O. The van der Waals surface area contributed by atoms with Crippen LogP contribution in [0.5, 0.6) is 0 Å². The van der Waals surface area contributed by atoms with Gasteiger partial charge in [-0.05, 0) is 0 Å². The van der Waals surface area contributed by atoms with E-state index in [1.165, 1.54) is 0 Å². The van der Waals surface area contributed by atoms with Crippen LogP contribution in [0.2, 0.25) is 0 Å². The van der Waals surface area contributed by atoms with Gasteiger partial charge in [0, 0.05) is 0 Å². The molecule has 1 unspecified atom stereocenters. The lowest BCUT2D eigenvalue weighted by molar-refractivity contribution is -0.189. The van der Waals surface area contributed by atoms with Crippen molar-refractivity contribution in [3.05, 3.63) is 0 Å². The zero-order valence-corrected chi connectivity index (χ0v) is 8.26. The number of carbonyl (C=O) groups is 1. The fraction of sp³-hybridized carbons (Fsp3) is 0.875. The number of aliphatic hydroxyl groups is 4. The average molecular weight is 238 g/mol. The van der Waals surface area contributed by atoms with Crippen LogP contribution in [0.15, 0.2) is 0 Å². The predicted octanol–water partition coefficient (Wildman–Crippen LogP) is -3.11. The highest BCUT2D eigenvalue weighted by atomic mass is 16.7. The van der Waals surface area contributed by atoms with Crippen molar-refractivity contribution in [1.29, 1.82) is 0 Å². The molecule has 0 aliphatic carbocycles. The molecule has 94 valence electrons. The molecule has 1 aliphatic rings. The summed E-state index contributed by atoms with van der Waals surface area (Å²) in [6, 6.07) is 0. The number of aliphatic carboxylic acids is 1. The Morgan fingerprint density at radius 2 is 2.00 bits per heavy atom. The molecule has 0 aromatic rings. The summed E-state index contributed by atoms with van der Waals surface area (Å²) in [5.74, 6) is -1.25. The maximum atomic E-state index is 10.2. The first-order chi connectivity index (χ1) is 7.47. The largest absolute Gasteiger partial charge is 0.480 e. The minimum absolute atomic E-state index is 0.653. The van der Waals surface area contributed by atoms with Gasteiger partial charge in [-0.2, -0.15) is 0 Å². The first-order valence-corrected chi connectivity index (χ1v) is 4.61. The van der Waals surface area contributed by atoms with Gasteiger partial charge < -0.3 is 35.0 Å². The number of ether oxygens (including phenoxy) is 2. The van der Waals surface area contributed by atoms with Crippen molar-refractivity contribution in [2.24, 2.45) is 0 Å². The highest BCUT2D eigenvalue weighted by Crippen LogP contribution is 2.24. The summed E-state index contributed by atoms with van der Waals surface area (Å²) in [6.07, 6.45) is -6.83. The van der Waals surface area contributed by atoms with Crippen LogP contribution >= 0.6 is 0 Å². The maximum Gasteiger partial charge on any atom is 0.329 e. The van der Waals surface area contributed by atoms with E-state index in [1.807, 2.05) is 0 Å². The molecular weight excluding hydrogens is 224 g/mol. The van der Waals surface area contributed by atoms with Crippen molar-refractivity contribution >= 4 is 5.97 Å². The third-order valence-corrected chi connectivity index (χ3v) is 2.19. The Balaban J connectivity index is 2.53. The maximum absolute atomic E-state index is 10.2. The molecule has 1 saturated heterocycles. The molecular formula is C8H14O8. The lowest BCUT2D eigenvalue weighted by Crippen LogP contribution is -2.40. The highest BCUT2D eigenvalue weighted by molar-refractivity contribution is 5.68. The number of carboxylic acid groups (broad SMARTS) is 1. The summed E-state index contributed by atoms with van der Waals surface area (Å²) in [6.45, 7) is -1.35. The predicted molar refractivity (Wildman–Crippen MR) is 47.4 cm³/mol. The quantitative estimate of drug-likeness (QED) is 0.339. The molecule has 1 rings (SSSR count). The van der Waals surface area contributed by atoms with E-state index in [0.717, 1.165) is 0 Å². The summed E-state index contributed by atoms with van der Waals surface area (Å²) in [5.41, 5.74) is 0. The van der Waals surface area contributed by atoms with Gasteiger partial charge >= 0.3 is 5.97 Å². The molecule has 0 saturated carbocycles. The van der Waals surface area contributed by atoms with Gasteiger partial charge in [-0.3, -0.25) is 0 Å². The van der Waals surface area contributed by atoms with Crippen molar-refractivity contribution in [2.45, 2.75) is 30.7 Å². The van der Waals surface area contributed by atoms with E-state index >= 15 is 0 Å². The Kier molecular flexibility index (Phi) is 4.59. The second-order valence-corrected chi connectivity index (χ2v) is 3.40. The summed E-state index contributed by atoms with van der Waals surface area (Å²) >= 11 is 0. The van der Waals surface area contributed by atoms with E-state index < -0.39 is 49.9 Å². The van der Waals surface area contributed by atoms with Crippen molar-refractivity contribution < 1.29 is 39.8 Å². The number of carboxylic acids is 1. The van der Waals surface area contributed by atoms with Gasteiger partial charge in [-0.15, -0.1) is 0 Å². The topological polar surface area (TPSA) is 137 Å². The van der Waals surface area contributed by atoms with Crippen LogP contribution in [-0.2, 0) is 14.3 Å². The summed E-state index contributed by atoms with van der Waals surface area (Å²) in [5, 5.41) is 45.0. The van der Waals surface area contributed by atoms with Gasteiger partial charge in [0.05, 0.1) is 6.61 Å². The monoisotopic (exact) mass is 238 g/mol. The fourth-order valence-electron chi connectivity index (χ4n) is 1.38. The van der Waals surface area contributed by atoms with Crippen LogP contribution in [0.1, 0.15) is 0 Å². The van der Waals surface area contributed by atoms with E-state index in [0.29, 0.717) is 0 Å². The van der Waals surface area contributed by atoms with Crippen LogP contribution < -0.4 is 0 Å². The lowest BCUT2D eigenvalue weighted by Gasteiger charge is -2.18. The molecule has 5 N–H and O–H groups in total. The van der Waals surface area contributed by atoms with E-state index in [9.17, 15) is 20.1 Å². The Morgan fingerprint density at radius 1 is 1.38 bits per heavy atom. The number of aliphatic hydroxyl groups excluding tert-OH is 4. The zero-order chi connectivity index (χ0) is 12.3. The number of hydrogen-bond donors (Lipinski definition) is 5. The van der Waals surface area contributed by atoms with E-state index in [2.05, 4.69) is 4.74 Å². The second kappa shape index (κ2) is 5.53. The van der Waals surface area contributed by atoms with Crippen LogP contribution in [0.3, 0.4) is 0 Å². The minimum Gasteiger partial charge on any atom is -0.480 e. The molecule has 8 heteroatoms. The fourth-order valence-corrected chi connectivity index (χ4v) is 1.38. The zero-order valence-electron chi connectivity index (χ0n) is 8.26. The summed E-state index contributed by atoms with van der Waals surface area (Å²) in [4.78, 5) is 10.2. The molecule has 0 amide bonds. The third-order valence-electron chi connectivity index (χ3n) is 2.19. The van der Waals surface area contributed by atoms with E-state index in [1.54, 1.807) is 0 Å². The van der Waals surface area contributed by atoms with Crippen LogP contribution in [0.4, 0.5) is 0 Å². The smallest absolute Gasteiger partial charge is 0.329 e. The molecule has 0 bridgehead atoms. The molecule has 5 atom stereocenters. The van der Waals surface area contributed by atoms with Crippen molar-refractivity contribution in [3.8, 4) is 0 Å². The number of rotatable bonds is 5. The standard InChI is InChI=1S/C8H14O8/c9-1-3(10)7-5(13)6(14)8(16-7)15-2-4(11)12/h3,5-10,13-14H,1-2H2,(H,11,12)/t3-,5-,6+,7-,8?/m1/s1. The molecule has 0 aromatic carbocycles. The highest BCUT2D eigenvalue weighted by Gasteiger charge is 2.46. The van der Waals surface area contributed by atoms with Gasteiger partial charge in [0.15, 0.2) is 6.29 Å². The van der Waals surface area contributed by atoms with Gasteiger partial charge in [0.25, 0.3) is 0 Å². The third kappa shape index (κ3) is 2.88. The summed E-state index contributed by atoms with van der Waals surface area (Å²) in [7, 11) is 0. The van der Waals surface area contributed by atoms with Gasteiger partial charge in [-0.1, -0.05) is 0 Å². The molecule has 16 heavy (non-hydrogen) atoms. The van der Waals surface area contributed by atoms with Gasteiger partial charge in [0.2, 0.25) is 0 Å². The average Bonchev–Trinajstić information content (AvgIpc) is 2.52. The van der Waals surface area contributed by atoms with E-state index in [4.69, 9.17) is 14.9 Å². The Morgan fingerprint density at radius 3 is 2.50 bits per heavy atom. The molecule has 0 spiro atoms. The van der Waals surface area contributed by atoms with Crippen LogP contribution in [0.25, 0.3) is 0 Å². The lowest BCUT2D eigenvalue weighted by atomic mass is 10.1. The van der Waals surface area contributed by atoms with Crippen molar-refractivity contribution in [1.82, 2.24) is 0 Å². The molecule has 0 aromatic heterocycles. The Hall–Kier alpha value is -0.770. The molecule has 1 fully saturated rings. The molecule has 0 radical (unpaired) electrons. The van der Waals surface area contributed by atoms with Crippen molar-refractivity contribution in [2.75, 3.05) is 13.2 Å².